The molecule has 0 aromatic heterocycles. The molecule has 1 aliphatic carbocycles. The number of aryl methyl sites for hydroxylation is 1. The number of halogens is 1. The molecule has 0 bridgehead atoms. The summed E-state index contributed by atoms with van der Waals surface area (Å²) in [7, 11) is 0. The Morgan fingerprint density at radius 1 is 0.895 bits per heavy atom. The molecule has 0 radical (unpaired) electrons. The van der Waals surface area contributed by atoms with E-state index < -0.39 is 6.04 Å². The Morgan fingerprint density at radius 3 is 2.24 bits per heavy atom. The van der Waals surface area contributed by atoms with Crippen molar-refractivity contribution in [1.29, 1.82) is 0 Å². The molecule has 1 saturated carbocycles. The lowest BCUT2D eigenvalue weighted by atomic mass is 9.94. The van der Waals surface area contributed by atoms with Gasteiger partial charge in [0.05, 0.1) is 5.75 Å². The standard InChI is InChI=1S/C32H37FN2O2S/c1-24-12-14-26(15-13-24)21-35(31(36)23-38-22-27-16-18-28(33)19-17-27)30(20-25-8-4-2-5-9-25)32(37)34-29-10-6-3-7-11-29/h2,4-5,8-9,12-19,29-30H,3,6-7,10-11,20-23H2,1H3,(H,34,37)/t30-/m0/s1. The second-order valence-corrected chi connectivity index (χ2v) is 11.2. The van der Waals surface area contributed by atoms with E-state index in [-0.39, 0.29) is 29.4 Å². The minimum atomic E-state index is -0.612. The third-order valence-electron chi connectivity index (χ3n) is 7.10. The van der Waals surface area contributed by atoms with Crippen LogP contribution in [0.4, 0.5) is 4.39 Å². The molecule has 1 aliphatic rings. The number of carbonyl (C=O) groups excluding carboxylic acids is 2. The second-order valence-electron chi connectivity index (χ2n) is 10.2. The van der Waals surface area contributed by atoms with Crippen molar-refractivity contribution in [2.24, 2.45) is 0 Å². The molecule has 0 unspecified atom stereocenters. The fraction of sp³-hybridized carbons (Fsp3) is 0.375. The van der Waals surface area contributed by atoms with Crippen molar-refractivity contribution in [2.75, 3.05) is 5.75 Å². The Bertz CT molecular complexity index is 1160. The molecule has 38 heavy (non-hydrogen) atoms. The lowest BCUT2D eigenvalue weighted by Gasteiger charge is -2.33. The number of nitrogens with zero attached hydrogens (tertiary/aromatic N) is 1. The number of hydrogen-bond donors (Lipinski definition) is 1. The van der Waals surface area contributed by atoms with E-state index in [1.165, 1.54) is 30.3 Å². The maximum atomic E-state index is 13.8. The lowest BCUT2D eigenvalue weighted by molar-refractivity contribution is -0.139. The van der Waals surface area contributed by atoms with E-state index in [2.05, 4.69) is 5.32 Å². The molecule has 3 aromatic carbocycles. The van der Waals surface area contributed by atoms with E-state index in [0.717, 1.165) is 47.9 Å². The van der Waals surface area contributed by atoms with E-state index >= 15 is 0 Å². The minimum absolute atomic E-state index is 0.0718. The third-order valence-corrected chi connectivity index (χ3v) is 8.09. The highest BCUT2D eigenvalue weighted by molar-refractivity contribution is 7.99. The van der Waals surface area contributed by atoms with Gasteiger partial charge in [0.1, 0.15) is 11.9 Å². The van der Waals surface area contributed by atoms with E-state index in [1.54, 1.807) is 17.0 Å². The van der Waals surface area contributed by atoms with Crippen LogP contribution in [0.25, 0.3) is 0 Å². The van der Waals surface area contributed by atoms with Crippen LogP contribution in [0.2, 0.25) is 0 Å². The van der Waals surface area contributed by atoms with Gasteiger partial charge in [-0.3, -0.25) is 9.59 Å². The summed E-state index contributed by atoms with van der Waals surface area (Å²) in [6, 6.07) is 24.0. The Hall–Kier alpha value is -3.12. The largest absolute Gasteiger partial charge is 0.352 e. The van der Waals surface area contributed by atoms with Crippen molar-refractivity contribution in [1.82, 2.24) is 10.2 Å². The molecule has 4 rings (SSSR count). The highest BCUT2D eigenvalue weighted by atomic mass is 32.2. The van der Waals surface area contributed by atoms with Gasteiger partial charge in [0, 0.05) is 24.8 Å². The van der Waals surface area contributed by atoms with Gasteiger partial charge in [0.15, 0.2) is 0 Å². The number of carbonyl (C=O) groups is 2. The predicted octanol–water partition coefficient (Wildman–Crippen LogP) is 6.46. The summed E-state index contributed by atoms with van der Waals surface area (Å²) in [5.74, 6) is 0.418. The maximum absolute atomic E-state index is 13.8. The van der Waals surface area contributed by atoms with Crippen molar-refractivity contribution in [3.8, 4) is 0 Å². The molecule has 0 heterocycles. The molecule has 3 aromatic rings. The highest BCUT2D eigenvalue weighted by Crippen LogP contribution is 2.21. The van der Waals surface area contributed by atoms with Crippen LogP contribution in [0.3, 0.4) is 0 Å². The summed E-state index contributed by atoms with van der Waals surface area (Å²) in [5, 5.41) is 3.28. The summed E-state index contributed by atoms with van der Waals surface area (Å²) < 4.78 is 13.3. The Labute approximate surface area is 230 Å². The van der Waals surface area contributed by atoms with Gasteiger partial charge < -0.3 is 10.2 Å². The monoisotopic (exact) mass is 532 g/mol. The summed E-state index contributed by atoms with van der Waals surface area (Å²) in [6.45, 7) is 2.40. The molecule has 0 spiro atoms. The highest BCUT2D eigenvalue weighted by Gasteiger charge is 2.31. The van der Waals surface area contributed by atoms with Crippen LogP contribution in [0, 0.1) is 12.7 Å². The number of rotatable bonds is 11. The summed E-state index contributed by atoms with van der Waals surface area (Å²) >= 11 is 1.49. The third kappa shape index (κ3) is 8.45. The zero-order valence-electron chi connectivity index (χ0n) is 22.1. The van der Waals surface area contributed by atoms with Crippen LogP contribution >= 0.6 is 11.8 Å². The molecule has 1 atom stereocenters. The summed E-state index contributed by atoms with van der Waals surface area (Å²) in [6.07, 6.45) is 5.90. The van der Waals surface area contributed by atoms with E-state index in [0.29, 0.717) is 18.7 Å². The number of amides is 2. The quantitative estimate of drug-likeness (QED) is 0.309. The molecular formula is C32H37FN2O2S. The van der Waals surface area contributed by atoms with Crippen molar-refractivity contribution in [3.63, 3.8) is 0 Å². The van der Waals surface area contributed by atoms with Gasteiger partial charge in [-0.2, -0.15) is 0 Å². The van der Waals surface area contributed by atoms with Crippen molar-refractivity contribution in [2.45, 2.75) is 69.8 Å². The molecular weight excluding hydrogens is 495 g/mol. The number of nitrogens with one attached hydrogen (secondary N) is 1. The molecule has 1 fully saturated rings. The first-order chi connectivity index (χ1) is 18.5. The molecule has 2 amide bonds. The topological polar surface area (TPSA) is 49.4 Å². The van der Waals surface area contributed by atoms with Gasteiger partial charge in [-0.25, -0.2) is 4.39 Å². The van der Waals surface area contributed by atoms with Gasteiger partial charge in [-0.05, 0) is 48.6 Å². The van der Waals surface area contributed by atoms with Crippen LogP contribution in [0.15, 0.2) is 78.9 Å². The first-order valence-electron chi connectivity index (χ1n) is 13.5. The number of thioether (sulfide) groups is 1. The smallest absolute Gasteiger partial charge is 0.243 e. The van der Waals surface area contributed by atoms with Gasteiger partial charge in [-0.1, -0.05) is 91.6 Å². The van der Waals surface area contributed by atoms with Gasteiger partial charge >= 0.3 is 0 Å². The Balaban J connectivity index is 1.55. The predicted molar refractivity (Wildman–Crippen MR) is 153 cm³/mol. The van der Waals surface area contributed by atoms with Crippen LogP contribution in [0.5, 0.6) is 0 Å². The van der Waals surface area contributed by atoms with Crippen LogP contribution in [-0.4, -0.2) is 34.6 Å². The van der Waals surface area contributed by atoms with Crippen molar-refractivity contribution in [3.05, 3.63) is 107 Å². The first kappa shape index (κ1) is 27.9. The van der Waals surface area contributed by atoms with E-state index in [4.69, 9.17) is 0 Å². The molecule has 200 valence electrons. The summed E-state index contributed by atoms with van der Waals surface area (Å²) in [4.78, 5) is 29.3. The molecule has 6 heteroatoms. The normalized spacial score (nSPS) is 14.6. The van der Waals surface area contributed by atoms with Crippen LogP contribution in [-0.2, 0) is 28.3 Å². The van der Waals surface area contributed by atoms with Gasteiger partial charge in [-0.15, -0.1) is 11.8 Å². The first-order valence-corrected chi connectivity index (χ1v) is 14.6. The summed E-state index contributed by atoms with van der Waals surface area (Å²) in [5.41, 5.74) is 4.13. The molecule has 0 aliphatic heterocycles. The van der Waals surface area contributed by atoms with Gasteiger partial charge in [0.25, 0.3) is 0 Å². The fourth-order valence-electron chi connectivity index (χ4n) is 4.91. The molecule has 0 saturated heterocycles. The average Bonchev–Trinajstić information content (AvgIpc) is 2.94. The van der Waals surface area contributed by atoms with Crippen LogP contribution in [0.1, 0.15) is 54.4 Å². The van der Waals surface area contributed by atoms with E-state index in [1.807, 2.05) is 61.5 Å². The van der Waals surface area contributed by atoms with E-state index in [9.17, 15) is 14.0 Å². The average molecular weight is 533 g/mol. The van der Waals surface area contributed by atoms with Crippen molar-refractivity contribution >= 4 is 23.6 Å². The van der Waals surface area contributed by atoms with Gasteiger partial charge in [0.2, 0.25) is 11.8 Å². The second kappa shape index (κ2) is 14.1. The number of hydrogen-bond acceptors (Lipinski definition) is 3. The Morgan fingerprint density at radius 2 is 1.55 bits per heavy atom. The molecule has 1 N–H and O–H groups in total. The fourth-order valence-corrected chi connectivity index (χ4v) is 5.78. The van der Waals surface area contributed by atoms with Crippen molar-refractivity contribution < 1.29 is 14.0 Å². The maximum Gasteiger partial charge on any atom is 0.243 e. The minimum Gasteiger partial charge on any atom is -0.352 e. The SMILES string of the molecule is Cc1ccc(CN(C(=O)CSCc2ccc(F)cc2)[C@@H](Cc2ccccc2)C(=O)NC2CCCCC2)cc1. The number of benzene rings is 3. The zero-order chi connectivity index (χ0) is 26.7. The molecule has 4 nitrogen and oxygen atoms in total. The lowest BCUT2D eigenvalue weighted by Crippen LogP contribution is -2.53. The Kier molecular flexibility index (Phi) is 10.4. The van der Waals surface area contributed by atoms with Crippen LogP contribution < -0.4 is 5.32 Å². The zero-order valence-corrected chi connectivity index (χ0v) is 22.9.